The van der Waals surface area contributed by atoms with E-state index >= 15 is 0 Å². The number of benzene rings is 1. The molecule has 1 unspecified atom stereocenters. The fraction of sp³-hybridized carbons (Fsp3) is 0.115. The van der Waals surface area contributed by atoms with E-state index in [4.69, 9.17) is 22.1 Å². The number of alkyl halides is 3. The van der Waals surface area contributed by atoms with Crippen molar-refractivity contribution in [1.29, 1.82) is 0 Å². The van der Waals surface area contributed by atoms with Crippen molar-refractivity contribution in [3.8, 4) is 11.7 Å². The number of allylic oxidation sites excluding steroid dienone is 3. The summed E-state index contributed by atoms with van der Waals surface area (Å²) in [5.74, 6) is 0.895. The molecule has 2 amide bonds. The summed E-state index contributed by atoms with van der Waals surface area (Å²) in [6.45, 7) is 0. The summed E-state index contributed by atoms with van der Waals surface area (Å²) in [6, 6.07) is 5.57. The summed E-state index contributed by atoms with van der Waals surface area (Å²) in [5, 5.41) is 9.43. The van der Waals surface area contributed by atoms with Gasteiger partial charge in [-0.15, -0.1) is 0 Å². The molecule has 0 spiro atoms. The minimum absolute atomic E-state index is 0.0183. The molecule has 14 heteroatoms. The lowest BCUT2D eigenvalue weighted by atomic mass is 9.92. The minimum atomic E-state index is -4.59. The van der Waals surface area contributed by atoms with Gasteiger partial charge in [-0.2, -0.15) is 18.3 Å². The van der Waals surface area contributed by atoms with Crippen LogP contribution in [0.15, 0.2) is 85.3 Å². The predicted octanol–water partition coefficient (Wildman–Crippen LogP) is 5.96. The van der Waals surface area contributed by atoms with Crippen LogP contribution in [-0.2, 0) is 6.18 Å². The number of pyridine rings is 1. The molecule has 10 nitrogen and oxygen atoms in total. The van der Waals surface area contributed by atoms with Crippen molar-refractivity contribution in [2.24, 2.45) is 0 Å². The van der Waals surface area contributed by atoms with E-state index in [1.165, 1.54) is 35.5 Å². The molecule has 40 heavy (non-hydrogen) atoms. The number of hydrogen-bond acceptors (Lipinski definition) is 7. The Labute approximate surface area is 230 Å². The lowest BCUT2D eigenvalue weighted by Crippen LogP contribution is -2.21. The van der Waals surface area contributed by atoms with E-state index in [-0.39, 0.29) is 29.0 Å². The van der Waals surface area contributed by atoms with E-state index in [0.717, 1.165) is 17.7 Å². The summed E-state index contributed by atoms with van der Waals surface area (Å²) in [5.41, 5.74) is 6.20. The van der Waals surface area contributed by atoms with Crippen LogP contribution in [0, 0.1) is 0 Å². The molecule has 0 saturated carbocycles. The SMILES string of the molecule is Nc1ncc(Cl)cc1C1C=CC(Oc2ncc(NC(=O)Nc3cc(C(F)(F)F)ccc3-n3cccn3)cn2)=CC1. The number of amides is 2. The monoisotopic (exact) mass is 568 g/mol. The van der Waals surface area contributed by atoms with Crippen LogP contribution in [0.4, 0.5) is 35.2 Å². The van der Waals surface area contributed by atoms with Crippen LogP contribution in [0.3, 0.4) is 0 Å². The van der Waals surface area contributed by atoms with Crippen LogP contribution in [0.2, 0.25) is 5.02 Å². The molecule has 3 heterocycles. The zero-order valence-corrected chi connectivity index (χ0v) is 21.2. The van der Waals surface area contributed by atoms with Gasteiger partial charge in [-0.1, -0.05) is 17.7 Å². The maximum atomic E-state index is 13.3. The number of nitrogens with zero attached hydrogens (tertiary/aromatic N) is 5. The molecule has 5 rings (SSSR count). The maximum absolute atomic E-state index is 13.3. The highest BCUT2D eigenvalue weighted by atomic mass is 35.5. The van der Waals surface area contributed by atoms with E-state index in [9.17, 15) is 18.0 Å². The van der Waals surface area contributed by atoms with E-state index in [1.54, 1.807) is 24.4 Å². The van der Waals surface area contributed by atoms with Gasteiger partial charge in [-0.25, -0.2) is 24.4 Å². The van der Waals surface area contributed by atoms with Crippen LogP contribution in [0.1, 0.15) is 23.5 Å². The molecular weight excluding hydrogens is 549 g/mol. The van der Waals surface area contributed by atoms with Gasteiger partial charge in [0.05, 0.1) is 40.0 Å². The number of rotatable bonds is 6. The normalized spacial score (nSPS) is 14.9. The largest absolute Gasteiger partial charge is 0.425 e. The molecule has 1 atom stereocenters. The van der Waals surface area contributed by atoms with Gasteiger partial charge < -0.3 is 21.1 Å². The third-order valence-corrected chi connectivity index (χ3v) is 6.01. The number of nitrogens with two attached hydrogens (primary N) is 1. The number of anilines is 3. The first kappa shape index (κ1) is 26.7. The average Bonchev–Trinajstić information content (AvgIpc) is 3.46. The van der Waals surface area contributed by atoms with Crippen LogP contribution in [0.25, 0.3) is 5.69 Å². The van der Waals surface area contributed by atoms with Crippen molar-refractivity contribution < 1.29 is 22.7 Å². The van der Waals surface area contributed by atoms with E-state index in [0.29, 0.717) is 23.0 Å². The number of nitrogen functional groups attached to an aromatic ring is 1. The first-order valence-electron chi connectivity index (χ1n) is 11.7. The molecule has 0 bridgehead atoms. The molecular formula is C26H20ClF3N8O2. The third kappa shape index (κ3) is 6.21. The van der Waals surface area contributed by atoms with Crippen LogP contribution < -0.4 is 21.1 Å². The molecule has 0 saturated heterocycles. The number of halogens is 4. The number of nitrogens with one attached hydrogen (secondary N) is 2. The fourth-order valence-corrected chi connectivity index (χ4v) is 4.08. The Bertz CT molecular complexity index is 1590. The number of hydrogen-bond donors (Lipinski definition) is 3. The Morgan fingerprint density at radius 3 is 2.60 bits per heavy atom. The van der Waals surface area contributed by atoms with Gasteiger partial charge in [0.25, 0.3) is 0 Å². The second-order valence-electron chi connectivity index (χ2n) is 8.55. The standard InChI is InChI=1S/C26H20ClF3N8O2/c27-17-11-20(23(31)32-12-17)15-2-5-19(6-3-15)40-25-33-13-18(14-34-25)36-24(39)37-21-10-16(26(28,29)30)4-7-22(21)38-9-1-8-35-38/h1-2,4-15H,3H2,(H2,31,32)(H2,36,37,39). The number of carbonyl (C=O) groups is 1. The maximum Gasteiger partial charge on any atom is 0.416 e. The first-order valence-corrected chi connectivity index (χ1v) is 12.1. The number of urea groups is 1. The summed E-state index contributed by atoms with van der Waals surface area (Å²) in [7, 11) is 0. The zero-order valence-electron chi connectivity index (χ0n) is 20.4. The predicted molar refractivity (Wildman–Crippen MR) is 142 cm³/mol. The second-order valence-corrected chi connectivity index (χ2v) is 8.99. The Morgan fingerprint density at radius 1 is 1.12 bits per heavy atom. The summed E-state index contributed by atoms with van der Waals surface area (Å²) in [6.07, 6.45) is 8.60. The van der Waals surface area contributed by atoms with Gasteiger partial charge in [0, 0.05) is 30.1 Å². The molecule has 0 fully saturated rings. The lowest BCUT2D eigenvalue weighted by molar-refractivity contribution is -0.137. The van der Waals surface area contributed by atoms with Gasteiger partial charge in [0.1, 0.15) is 11.6 Å². The highest BCUT2D eigenvalue weighted by molar-refractivity contribution is 6.30. The van der Waals surface area contributed by atoms with E-state index < -0.39 is 17.8 Å². The van der Waals surface area contributed by atoms with Gasteiger partial charge >= 0.3 is 18.2 Å². The summed E-state index contributed by atoms with van der Waals surface area (Å²) >= 11 is 6.03. The van der Waals surface area contributed by atoms with E-state index in [2.05, 4.69) is 30.7 Å². The topological polar surface area (TPSA) is 133 Å². The molecule has 0 radical (unpaired) electrons. The number of ether oxygens (including phenoxy) is 1. The van der Waals surface area contributed by atoms with Crippen molar-refractivity contribution in [3.05, 3.63) is 101 Å². The van der Waals surface area contributed by atoms with Crippen LogP contribution in [-0.4, -0.2) is 30.8 Å². The van der Waals surface area contributed by atoms with Crippen molar-refractivity contribution >= 4 is 34.8 Å². The molecule has 0 aliphatic heterocycles. The molecule has 1 aromatic carbocycles. The van der Waals surface area contributed by atoms with Crippen molar-refractivity contribution in [1.82, 2.24) is 24.7 Å². The number of aromatic nitrogens is 5. The molecule has 4 N–H and O–H groups in total. The number of carbonyl (C=O) groups excluding carboxylic acids is 1. The minimum Gasteiger partial charge on any atom is -0.425 e. The Hall–Kier alpha value is -4.91. The van der Waals surface area contributed by atoms with Crippen molar-refractivity contribution in [3.63, 3.8) is 0 Å². The zero-order chi connectivity index (χ0) is 28.3. The average molecular weight is 569 g/mol. The Kier molecular flexibility index (Phi) is 7.38. The van der Waals surface area contributed by atoms with Crippen molar-refractivity contribution in [2.75, 3.05) is 16.4 Å². The van der Waals surface area contributed by atoms with Crippen LogP contribution >= 0.6 is 11.6 Å². The first-order chi connectivity index (χ1) is 19.2. The van der Waals surface area contributed by atoms with Crippen LogP contribution in [0.5, 0.6) is 6.01 Å². The highest BCUT2D eigenvalue weighted by Crippen LogP contribution is 2.34. The third-order valence-electron chi connectivity index (χ3n) is 5.80. The van der Waals surface area contributed by atoms with Gasteiger partial charge in [0.15, 0.2) is 0 Å². The quantitative estimate of drug-likeness (QED) is 0.261. The lowest BCUT2D eigenvalue weighted by Gasteiger charge is -2.18. The molecule has 204 valence electrons. The highest BCUT2D eigenvalue weighted by Gasteiger charge is 2.31. The smallest absolute Gasteiger partial charge is 0.416 e. The van der Waals surface area contributed by atoms with E-state index in [1.807, 2.05) is 12.2 Å². The Morgan fingerprint density at radius 2 is 1.93 bits per heavy atom. The van der Waals surface area contributed by atoms with Gasteiger partial charge in [-0.3, -0.25) is 0 Å². The second kappa shape index (κ2) is 11.1. The van der Waals surface area contributed by atoms with Crippen molar-refractivity contribution in [2.45, 2.75) is 18.5 Å². The van der Waals surface area contributed by atoms with Gasteiger partial charge in [-0.05, 0) is 48.9 Å². The summed E-state index contributed by atoms with van der Waals surface area (Å²) < 4.78 is 46.8. The fourth-order valence-electron chi connectivity index (χ4n) is 3.92. The Balaban J connectivity index is 1.22. The molecule has 1 aliphatic rings. The molecule has 1 aliphatic carbocycles. The molecule has 4 aromatic rings. The van der Waals surface area contributed by atoms with Gasteiger partial charge in [0.2, 0.25) is 0 Å². The molecule has 3 aromatic heterocycles. The summed E-state index contributed by atoms with van der Waals surface area (Å²) in [4.78, 5) is 24.8.